The Morgan fingerprint density at radius 3 is 2.32 bits per heavy atom. The Balaban J connectivity index is 2.12. The molecule has 0 aromatic heterocycles. The van der Waals surface area contributed by atoms with Crippen LogP contribution in [0, 0.1) is 20.8 Å². The molecule has 0 heterocycles. The van der Waals surface area contributed by atoms with Gasteiger partial charge in [0.2, 0.25) is 15.9 Å². The highest BCUT2D eigenvalue weighted by atomic mass is 32.2. The molecule has 2 aromatic carbocycles. The number of sulfonamides is 1. The Bertz CT molecular complexity index is 876. The molecule has 0 radical (unpaired) electrons. The summed E-state index contributed by atoms with van der Waals surface area (Å²) < 4.78 is 25.6. The molecule has 0 spiro atoms. The van der Waals surface area contributed by atoms with Gasteiger partial charge >= 0.3 is 0 Å². The van der Waals surface area contributed by atoms with Gasteiger partial charge in [0.05, 0.1) is 11.9 Å². The Morgan fingerprint density at radius 1 is 1.04 bits per heavy atom. The maximum Gasteiger partial charge on any atom is 0.232 e. The van der Waals surface area contributed by atoms with Crippen molar-refractivity contribution < 1.29 is 13.2 Å². The molecule has 0 aliphatic rings. The molecule has 0 aliphatic heterocycles. The fourth-order valence-electron chi connectivity index (χ4n) is 2.70. The van der Waals surface area contributed by atoms with Crippen LogP contribution in [-0.4, -0.2) is 27.1 Å². The number of aryl methyl sites for hydroxylation is 3. The molecule has 0 bridgehead atoms. The van der Waals surface area contributed by atoms with E-state index in [1.54, 1.807) is 6.07 Å². The zero-order valence-electron chi connectivity index (χ0n) is 15.0. The fraction of sp³-hybridized carbons (Fsp3) is 0.316. The highest BCUT2D eigenvalue weighted by Crippen LogP contribution is 2.24. The van der Waals surface area contributed by atoms with Crippen molar-refractivity contribution in [2.45, 2.75) is 27.2 Å². The summed E-state index contributed by atoms with van der Waals surface area (Å²) in [6.45, 7) is 5.87. The molecular weight excluding hydrogens is 336 g/mol. The molecule has 0 unspecified atom stereocenters. The molecule has 0 aliphatic carbocycles. The number of benzene rings is 2. The van der Waals surface area contributed by atoms with Gasteiger partial charge in [-0.3, -0.25) is 9.10 Å². The lowest BCUT2D eigenvalue weighted by Gasteiger charge is -2.24. The van der Waals surface area contributed by atoms with E-state index in [4.69, 9.17) is 0 Å². The largest absolute Gasteiger partial charge is 0.326 e. The summed E-state index contributed by atoms with van der Waals surface area (Å²) in [5.41, 5.74) is 4.29. The third-order valence-electron chi connectivity index (χ3n) is 3.87. The van der Waals surface area contributed by atoms with E-state index in [0.29, 0.717) is 11.4 Å². The van der Waals surface area contributed by atoms with Crippen LogP contribution in [0.5, 0.6) is 0 Å². The van der Waals surface area contributed by atoms with Gasteiger partial charge in [-0.05, 0) is 50.1 Å². The average Bonchev–Trinajstić information content (AvgIpc) is 2.48. The van der Waals surface area contributed by atoms with Gasteiger partial charge in [0.25, 0.3) is 0 Å². The zero-order chi connectivity index (χ0) is 18.6. The molecule has 0 atom stereocenters. The summed E-state index contributed by atoms with van der Waals surface area (Å²) >= 11 is 0. The standard InChI is InChI=1S/C19H24N2O3S/c1-14-6-5-7-17(13-14)20-19(22)10-11-21(25(4,23)24)18-9-8-15(2)12-16(18)3/h5-9,12-13H,10-11H2,1-4H3,(H,20,22). The summed E-state index contributed by atoms with van der Waals surface area (Å²) in [6, 6.07) is 13.1. The highest BCUT2D eigenvalue weighted by Gasteiger charge is 2.20. The summed E-state index contributed by atoms with van der Waals surface area (Å²) in [7, 11) is -3.48. The summed E-state index contributed by atoms with van der Waals surface area (Å²) in [5.74, 6) is -0.219. The Kier molecular flexibility index (Phi) is 5.85. The minimum atomic E-state index is -3.48. The van der Waals surface area contributed by atoms with E-state index in [0.717, 1.165) is 22.9 Å². The quantitative estimate of drug-likeness (QED) is 0.858. The van der Waals surface area contributed by atoms with Crippen molar-refractivity contribution in [3.63, 3.8) is 0 Å². The lowest BCUT2D eigenvalue weighted by Crippen LogP contribution is -2.33. The number of rotatable bonds is 6. The lowest BCUT2D eigenvalue weighted by atomic mass is 10.1. The molecule has 0 saturated heterocycles. The number of carbonyl (C=O) groups excluding carboxylic acids is 1. The molecule has 6 heteroatoms. The number of hydrogen-bond donors (Lipinski definition) is 1. The van der Waals surface area contributed by atoms with Gasteiger partial charge in [-0.15, -0.1) is 0 Å². The first-order chi connectivity index (χ1) is 11.7. The van der Waals surface area contributed by atoms with Crippen molar-refractivity contribution in [1.82, 2.24) is 0 Å². The third kappa shape index (κ3) is 5.32. The second-order valence-corrected chi connectivity index (χ2v) is 8.20. The van der Waals surface area contributed by atoms with E-state index in [1.165, 1.54) is 4.31 Å². The molecule has 1 N–H and O–H groups in total. The van der Waals surface area contributed by atoms with Crippen LogP contribution in [0.3, 0.4) is 0 Å². The number of hydrogen-bond acceptors (Lipinski definition) is 3. The van der Waals surface area contributed by atoms with E-state index in [2.05, 4.69) is 5.32 Å². The van der Waals surface area contributed by atoms with Gasteiger partial charge in [0.1, 0.15) is 0 Å². The van der Waals surface area contributed by atoms with E-state index >= 15 is 0 Å². The fourth-order valence-corrected chi connectivity index (χ4v) is 3.68. The third-order valence-corrected chi connectivity index (χ3v) is 5.05. The van der Waals surface area contributed by atoms with E-state index in [1.807, 2.05) is 57.2 Å². The SMILES string of the molecule is Cc1cccc(NC(=O)CCN(c2ccc(C)cc2C)S(C)(=O)=O)c1. The molecular formula is C19H24N2O3S. The van der Waals surface area contributed by atoms with Crippen LogP contribution in [0.25, 0.3) is 0 Å². The molecule has 0 fully saturated rings. The van der Waals surface area contributed by atoms with Crippen molar-refractivity contribution >= 4 is 27.3 Å². The lowest BCUT2D eigenvalue weighted by molar-refractivity contribution is -0.116. The number of anilines is 2. The van der Waals surface area contributed by atoms with Crippen LogP contribution in [0.1, 0.15) is 23.1 Å². The average molecular weight is 360 g/mol. The Hall–Kier alpha value is -2.34. The van der Waals surface area contributed by atoms with Crippen LogP contribution >= 0.6 is 0 Å². The first kappa shape index (κ1) is 19.0. The summed E-state index contributed by atoms with van der Waals surface area (Å²) in [6.07, 6.45) is 1.24. The first-order valence-corrected chi connectivity index (χ1v) is 9.93. The molecule has 1 amide bonds. The van der Waals surface area contributed by atoms with Crippen molar-refractivity contribution in [3.05, 3.63) is 59.2 Å². The number of amides is 1. The monoisotopic (exact) mass is 360 g/mol. The molecule has 5 nitrogen and oxygen atoms in total. The van der Waals surface area contributed by atoms with Crippen molar-refractivity contribution in [3.8, 4) is 0 Å². The first-order valence-electron chi connectivity index (χ1n) is 8.08. The van der Waals surface area contributed by atoms with Crippen LogP contribution in [-0.2, 0) is 14.8 Å². The van der Waals surface area contributed by atoms with Crippen molar-refractivity contribution in [2.75, 3.05) is 22.4 Å². The normalized spacial score (nSPS) is 11.2. The van der Waals surface area contributed by atoms with Crippen LogP contribution < -0.4 is 9.62 Å². The topological polar surface area (TPSA) is 66.5 Å². The maximum absolute atomic E-state index is 12.2. The van der Waals surface area contributed by atoms with Crippen LogP contribution in [0.2, 0.25) is 0 Å². The Labute approximate surface area is 149 Å². The second-order valence-electron chi connectivity index (χ2n) is 6.29. The van der Waals surface area contributed by atoms with Gasteiger partial charge in [-0.1, -0.05) is 29.8 Å². The molecule has 2 aromatic rings. The highest BCUT2D eigenvalue weighted by molar-refractivity contribution is 7.92. The van der Waals surface area contributed by atoms with Crippen molar-refractivity contribution in [2.24, 2.45) is 0 Å². The smallest absolute Gasteiger partial charge is 0.232 e. The van der Waals surface area contributed by atoms with Gasteiger partial charge in [0.15, 0.2) is 0 Å². The van der Waals surface area contributed by atoms with Gasteiger partial charge in [-0.2, -0.15) is 0 Å². The predicted molar refractivity (Wildman–Crippen MR) is 103 cm³/mol. The summed E-state index contributed by atoms with van der Waals surface area (Å²) in [4.78, 5) is 12.2. The minimum Gasteiger partial charge on any atom is -0.326 e. The number of nitrogens with one attached hydrogen (secondary N) is 1. The molecule has 134 valence electrons. The zero-order valence-corrected chi connectivity index (χ0v) is 15.9. The van der Waals surface area contributed by atoms with Crippen LogP contribution in [0.4, 0.5) is 11.4 Å². The van der Waals surface area contributed by atoms with Gasteiger partial charge < -0.3 is 5.32 Å². The molecule has 0 saturated carbocycles. The minimum absolute atomic E-state index is 0.0777. The second kappa shape index (κ2) is 7.70. The van der Waals surface area contributed by atoms with E-state index < -0.39 is 10.0 Å². The predicted octanol–water partition coefficient (Wildman–Crippen LogP) is 3.41. The Morgan fingerprint density at radius 2 is 1.72 bits per heavy atom. The van der Waals surface area contributed by atoms with E-state index in [-0.39, 0.29) is 18.9 Å². The van der Waals surface area contributed by atoms with Crippen LogP contribution in [0.15, 0.2) is 42.5 Å². The number of carbonyl (C=O) groups is 1. The van der Waals surface area contributed by atoms with Gasteiger partial charge in [-0.25, -0.2) is 8.42 Å². The number of nitrogens with zero attached hydrogens (tertiary/aromatic N) is 1. The van der Waals surface area contributed by atoms with Gasteiger partial charge in [0, 0.05) is 18.7 Å². The maximum atomic E-state index is 12.2. The summed E-state index contributed by atoms with van der Waals surface area (Å²) in [5, 5.41) is 2.80. The van der Waals surface area contributed by atoms with E-state index in [9.17, 15) is 13.2 Å². The van der Waals surface area contributed by atoms with Crippen molar-refractivity contribution in [1.29, 1.82) is 0 Å². The molecule has 2 rings (SSSR count). The molecule has 25 heavy (non-hydrogen) atoms.